The number of alkyl halides is 3. The van der Waals surface area contributed by atoms with Gasteiger partial charge < -0.3 is 4.98 Å². The Kier molecular flexibility index (Phi) is 4.55. The molecule has 6 heteroatoms. The number of halogens is 3. The first-order chi connectivity index (χ1) is 13.4. The predicted octanol–water partition coefficient (Wildman–Crippen LogP) is 5.51. The molecule has 0 radical (unpaired) electrons. The molecule has 28 heavy (non-hydrogen) atoms. The minimum absolute atomic E-state index is 0.322. The molecule has 0 aliphatic rings. The second kappa shape index (κ2) is 7.03. The van der Waals surface area contributed by atoms with Crippen LogP contribution in [-0.2, 0) is 6.18 Å². The molecule has 2 aromatic heterocycles. The van der Waals surface area contributed by atoms with Crippen LogP contribution in [0.2, 0.25) is 0 Å². The van der Waals surface area contributed by atoms with Crippen LogP contribution >= 0.6 is 0 Å². The van der Waals surface area contributed by atoms with Gasteiger partial charge in [0.15, 0.2) is 0 Å². The third-order valence-electron chi connectivity index (χ3n) is 4.81. The summed E-state index contributed by atoms with van der Waals surface area (Å²) in [7, 11) is 0. The zero-order chi connectivity index (χ0) is 19.7. The van der Waals surface area contributed by atoms with E-state index in [9.17, 15) is 13.2 Å². The lowest BCUT2D eigenvalue weighted by atomic mass is 9.95. The van der Waals surface area contributed by atoms with Gasteiger partial charge in [0.05, 0.1) is 11.8 Å². The molecule has 3 N–H and O–H groups in total. The van der Waals surface area contributed by atoms with Crippen LogP contribution < -0.4 is 10.3 Å². The van der Waals surface area contributed by atoms with Crippen molar-refractivity contribution in [2.24, 2.45) is 0 Å². The monoisotopic (exact) mass is 382 g/mol. The normalized spacial score (nSPS) is 12.9. The number of fused-ring (bicyclic) bond motifs is 1. The molecular formula is C22H19F3N3+. The van der Waals surface area contributed by atoms with Crippen LogP contribution in [0.1, 0.15) is 28.4 Å². The van der Waals surface area contributed by atoms with Crippen LogP contribution in [0.5, 0.6) is 0 Å². The molecule has 4 aromatic rings. The van der Waals surface area contributed by atoms with Crippen LogP contribution in [0, 0.1) is 6.92 Å². The van der Waals surface area contributed by atoms with Crippen molar-refractivity contribution in [3.63, 3.8) is 0 Å². The largest absolute Gasteiger partial charge is 0.416 e. The summed E-state index contributed by atoms with van der Waals surface area (Å²) >= 11 is 0. The summed E-state index contributed by atoms with van der Waals surface area (Å²) in [5.74, 6) is 0.775. The van der Waals surface area contributed by atoms with E-state index in [4.69, 9.17) is 0 Å². The number of aromatic amines is 2. The van der Waals surface area contributed by atoms with E-state index >= 15 is 0 Å². The molecule has 0 aliphatic heterocycles. The molecular weight excluding hydrogens is 363 g/mol. The van der Waals surface area contributed by atoms with E-state index in [1.165, 1.54) is 12.1 Å². The van der Waals surface area contributed by atoms with Gasteiger partial charge in [-0.2, -0.15) is 13.2 Å². The molecule has 0 saturated heterocycles. The number of pyridine rings is 1. The number of aromatic nitrogens is 2. The van der Waals surface area contributed by atoms with E-state index < -0.39 is 11.7 Å². The van der Waals surface area contributed by atoms with Gasteiger partial charge >= 0.3 is 6.18 Å². The van der Waals surface area contributed by atoms with Crippen molar-refractivity contribution in [1.29, 1.82) is 0 Å². The van der Waals surface area contributed by atoms with Crippen molar-refractivity contribution < 1.29 is 18.2 Å². The fourth-order valence-corrected chi connectivity index (χ4v) is 3.50. The van der Waals surface area contributed by atoms with Gasteiger partial charge in [0.1, 0.15) is 6.04 Å². The lowest BCUT2D eigenvalue weighted by Crippen LogP contribution is -2.19. The van der Waals surface area contributed by atoms with Crippen LogP contribution in [0.15, 0.2) is 72.9 Å². The van der Waals surface area contributed by atoms with E-state index in [0.29, 0.717) is 0 Å². The van der Waals surface area contributed by atoms with Gasteiger partial charge in [0.2, 0.25) is 0 Å². The van der Waals surface area contributed by atoms with Gasteiger partial charge in [0, 0.05) is 33.8 Å². The first-order valence-corrected chi connectivity index (χ1v) is 8.91. The Labute approximate surface area is 160 Å². The Morgan fingerprint density at radius 3 is 2.32 bits per heavy atom. The van der Waals surface area contributed by atoms with Crippen molar-refractivity contribution in [2.75, 3.05) is 5.32 Å². The molecule has 4 rings (SSSR count). The lowest BCUT2D eigenvalue weighted by molar-refractivity contribution is -0.361. The Hall–Kier alpha value is -3.28. The molecule has 0 bridgehead atoms. The van der Waals surface area contributed by atoms with Gasteiger partial charge in [-0.1, -0.05) is 36.4 Å². The molecule has 1 atom stereocenters. The zero-order valence-corrected chi connectivity index (χ0v) is 15.1. The highest BCUT2D eigenvalue weighted by molar-refractivity contribution is 5.86. The number of benzene rings is 2. The maximum absolute atomic E-state index is 13.0. The second-order valence-electron chi connectivity index (χ2n) is 6.68. The average Bonchev–Trinajstić information content (AvgIpc) is 3.02. The third kappa shape index (κ3) is 3.45. The molecule has 0 saturated carbocycles. The van der Waals surface area contributed by atoms with Gasteiger partial charge in [-0.25, -0.2) is 4.98 Å². The standard InChI is InChI=1S/C22H18F3N3/c1-14-20(17-6-2-3-7-18(17)27-14)21(28-19-8-4-5-13-26-19)15-9-11-16(12-10-15)22(23,24)25/h2-13,21,27H,1H3,(H,26,28)/p+1/t21-/m0/s1. The summed E-state index contributed by atoms with van der Waals surface area (Å²) in [6.07, 6.45) is -2.56. The number of anilines is 1. The van der Waals surface area contributed by atoms with Crippen LogP contribution in [0.25, 0.3) is 10.9 Å². The summed E-state index contributed by atoms with van der Waals surface area (Å²) in [5, 5.41) is 4.47. The Bertz CT molecular complexity index is 1080. The Morgan fingerprint density at radius 2 is 1.64 bits per heavy atom. The highest BCUT2D eigenvalue weighted by Crippen LogP contribution is 2.35. The molecule has 2 heterocycles. The molecule has 0 fully saturated rings. The maximum atomic E-state index is 13.0. The number of aryl methyl sites for hydroxylation is 1. The minimum atomic E-state index is -4.36. The van der Waals surface area contributed by atoms with Gasteiger partial charge in [-0.3, -0.25) is 5.32 Å². The predicted molar refractivity (Wildman–Crippen MR) is 103 cm³/mol. The number of hydrogen-bond donors (Lipinski definition) is 2. The average molecular weight is 382 g/mol. The van der Waals surface area contributed by atoms with Crippen molar-refractivity contribution in [3.05, 3.63) is 95.3 Å². The molecule has 0 unspecified atom stereocenters. The Balaban J connectivity index is 1.83. The van der Waals surface area contributed by atoms with Crippen molar-refractivity contribution in [3.8, 4) is 0 Å². The fourth-order valence-electron chi connectivity index (χ4n) is 3.50. The smallest absolute Gasteiger partial charge is 0.358 e. The number of rotatable bonds is 4. The summed E-state index contributed by atoms with van der Waals surface area (Å²) in [4.78, 5) is 6.50. The highest BCUT2D eigenvalue weighted by Gasteiger charge is 2.31. The fraction of sp³-hybridized carbons (Fsp3) is 0.136. The molecule has 0 amide bonds. The summed E-state index contributed by atoms with van der Waals surface area (Å²) in [5.41, 5.74) is 3.06. The molecule has 2 aromatic carbocycles. The van der Waals surface area contributed by atoms with Crippen molar-refractivity contribution in [1.82, 2.24) is 4.98 Å². The quantitative estimate of drug-likeness (QED) is 0.480. The van der Waals surface area contributed by atoms with Crippen LogP contribution in [0.3, 0.4) is 0 Å². The highest BCUT2D eigenvalue weighted by atomic mass is 19.4. The van der Waals surface area contributed by atoms with Crippen LogP contribution in [0.4, 0.5) is 19.0 Å². The minimum Gasteiger partial charge on any atom is -0.358 e. The van der Waals surface area contributed by atoms with Gasteiger partial charge in [-0.15, -0.1) is 0 Å². The Morgan fingerprint density at radius 1 is 0.929 bits per heavy atom. The topological polar surface area (TPSA) is 42.0 Å². The van der Waals surface area contributed by atoms with E-state index in [1.807, 2.05) is 49.4 Å². The second-order valence-corrected chi connectivity index (χ2v) is 6.68. The lowest BCUT2D eigenvalue weighted by Gasteiger charge is -2.17. The van der Waals surface area contributed by atoms with Crippen molar-refractivity contribution in [2.45, 2.75) is 19.1 Å². The molecule has 142 valence electrons. The first kappa shape index (κ1) is 18.1. The number of nitrogens with one attached hydrogen (secondary N) is 3. The molecule has 3 nitrogen and oxygen atoms in total. The van der Waals surface area contributed by atoms with E-state index in [0.717, 1.165) is 45.7 Å². The van der Waals surface area contributed by atoms with E-state index in [-0.39, 0.29) is 6.04 Å². The summed E-state index contributed by atoms with van der Waals surface area (Å²) in [6, 6.07) is 18.6. The molecule has 0 aliphatic carbocycles. The van der Waals surface area contributed by atoms with Crippen LogP contribution in [-0.4, -0.2) is 4.98 Å². The number of para-hydroxylation sites is 1. The summed E-state index contributed by atoms with van der Waals surface area (Å²) < 4.78 is 39.0. The van der Waals surface area contributed by atoms with E-state index in [2.05, 4.69) is 15.3 Å². The SMILES string of the molecule is Cc1[nH]c2ccccc2c1[C@@H](Nc1cccc[nH+]1)c1ccc(C(F)(F)F)cc1. The zero-order valence-electron chi connectivity index (χ0n) is 15.1. The van der Waals surface area contributed by atoms with Crippen molar-refractivity contribution >= 4 is 16.7 Å². The number of hydrogen-bond acceptors (Lipinski definition) is 1. The summed E-state index contributed by atoms with van der Waals surface area (Å²) in [6.45, 7) is 1.98. The van der Waals surface area contributed by atoms with Gasteiger partial charge in [-0.05, 0) is 31.2 Å². The van der Waals surface area contributed by atoms with Gasteiger partial charge in [0.25, 0.3) is 5.82 Å². The maximum Gasteiger partial charge on any atom is 0.416 e. The third-order valence-corrected chi connectivity index (χ3v) is 4.81. The number of H-pyrrole nitrogens is 2. The molecule has 0 spiro atoms. The van der Waals surface area contributed by atoms with E-state index in [1.54, 1.807) is 6.20 Å². The first-order valence-electron chi connectivity index (χ1n) is 8.91.